The average Bonchev–Trinajstić information content (AvgIpc) is 3.50. The number of hydrogen-bond donors (Lipinski definition) is 3. The Balaban J connectivity index is 1.26. The number of amides is 1. The van der Waals surface area contributed by atoms with E-state index in [1.807, 2.05) is 36.4 Å². The molecule has 0 spiro atoms. The second kappa shape index (κ2) is 12.2. The minimum Gasteiger partial charge on any atom is -0.449 e. The number of carbonyl (C=O) groups excluding carboxylic acids is 1. The molecule has 0 saturated carbocycles. The van der Waals surface area contributed by atoms with E-state index in [-0.39, 0.29) is 25.5 Å². The number of aromatic amines is 1. The van der Waals surface area contributed by atoms with Crippen molar-refractivity contribution in [2.24, 2.45) is 0 Å². The van der Waals surface area contributed by atoms with Gasteiger partial charge < -0.3 is 24.2 Å². The summed E-state index contributed by atoms with van der Waals surface area (Å²) in [5.74, 6) is -0.0776. The smallest absolute Gasteiger partial charge is 0.407 e. The van der Waals surface area contributed by atoms with E-state index in [0.29, 0.717) is 5.56 Å². The van der Waals surface area contributed by atoms with E-state index in [2.05, 4.69) is 22.4 Å². The zero-order valence-electron chi connectivity index (χ0n) is 23.3. The topological polar surface area (TPSA) is 138 Å². The van der Waals surface area contributed by atoms with Gasteiger partial charge >= 0.3 is 11.8 Å². The highest BCUT2D eigenvalue weighted by atomic mass is 31.2. The van der Waals surface area contributed by atoms with Crippen LogP contribution in [-0.2, 0) is 14.0 Å². The highest BCUT2D eigenvalue weighted by Gasteiger charge is 2.40. The molecule has 1 amide bonds. The zero-order chi connectivity index (χ0) is 29.3. The Morgan fingerprint density at radius 2 is 1.76 bits per heavy atom. The van der Waals surface area contributed by atoms with E-state index in [1.54, 1.807) is 33.1 Å². The van der Waals surface area contributed by atoms with Crippen molar-refractivity contribution in [1.29, 1.82) is 0 Å². The van der Waals surface area contributed by atoms with Crippen LogP contribution >= 0.6 is 8.53 Å². The van der Waals surface area contributed by atoms with Gasteiger partial charge in [-0.1, -0.05) is 48.5 Å². The van der Waals surface area contributed by atoms with E-state index in [4.69, 9.17) is 14.0 Å². The molecule has 2 aromatic carbocycles. The van der Waals surface area contributed by atoms with Gasteiger partial charge in [-0.2, -0.15) is 4.78 Å². The number of nitrogens with zero attached hydrogens (tertiary/aromatic N) is 3. The Bertz CT molecular complexity index is 1480. The molecule has 0 radical (unpaired) electrons. The Labute approximate surface area is 238 Å². The molecule has 1 aliphatic heterocycles. The largest absolute Gasteiger partial charge is 0.449 e. The first-order valence-corrected chi connectivity index (χ1v) is 14.4. The molecule has 1 unspecified atom stereocenters. The van der Waals surface area contributed by atoms with Crippen molar-refractivity contribution in [3.63, 3.8) is 0 Å². The fourth-order valence-corrected chi connectivity index (χ4v) is 6.05. The summed E-state index contributed by atoms with van der Waals surface area (Å²) in [4.78, 5) is 50.1. The van der Waals surface area contributed by atoms with Crippen molar-refractivity contribution in [3.05, 3.63) is 92.3 Å². The lowest BCUT2D eigenvalue weighted by Gasteiger charge is -2.30. The molecular weight excluding hydrogens is 549 g/mol. The maximum absolute atomic E-state index is 12.8. The van der Waals surface area contributed by atoms with Crippen LogP contribution in [0.1, 0.15) is 35.3 Å². The van der Waals surface area contributed by atoms with Gasteiger partial charge in [-0.05, 0) is 29.2 Å². The fraction of sp³-hybridized carbons (Fsp3) is 0.393. The summed E-state index contributed by atoms with van der Waals surface area (Å²) in [6, 6.07) is 16.2. The van der Waals surface area contributed by atoms with Gasteiger partial charge in [-0.25, -0.2) is 14.6 Å². The monoisotopic (exact) mass is 583 g/mol. The van der Waals surface area contributed by atoms with Crippen molar-refractivity contribution >= 4 is 14.6 Å². The molecule has 5 rings (SSSR count). The molecule has 1 fully saturated rings. The zero-order valence-corrected chi connectivity index (χ0v) is 24.2. The summed E-state index contributed by atoms with van der Waals surface area (Å²) >= 11 is 0. The Hall–Kier alpha value is -3.38. The van der Waals surface area contributed by atoms with Gasteiger partial charge in [0, 0.05) is 51.8 Å². The third-order valence-corrected chi connectivity index (χ3v) is 8.80. The maximum atomic E-state index is 12.8. The molecule has 13 heteroatoms. The van der Waals surface area contributed by atoms with Gasteiger partial charge in [0.1, 0.15) is 18.9 Å². The van der Waals surface area contributed by atoms with E-state index < -0.39 is 44.3 Å². The molecule has 218 valence electrons. The van der Waals surface area contributed by atoms with Crippen molar-refractivity contribution in [2.45, 2.75) is 37.7 Å². The second-order valence-electron chi connectivity index (χ2n) is 10.3. The van der Waals surface area contributed by atoms with E-state index in [0.717, 1.165) is 22.3 Å². The number of aromatic nitrogens is 2. The van der Waals surface area contributed by atoms with Crippen LogP contribution in [0, 0.1) is 6.92 Å². The van der Waals surface area contributed by atoms with Crippen LogP contribution in [0.25, 0.3) is 11.1 Å². The summed E-state index contributed by atoms with van der Waals surface area (Å²) in [6.45, 7) is 1.77. The van der Waals surface area contributed by atoms with Gasteiger partial charge in [-0.15, -0.1) is 0 Å². The molecule has 41 heavy (non-hydrogen) atoms. The molecule has 1 aromatic heterocycles. The number of alkyl carbamates (subject to hydrolysis) is 1. The first-order chi connectivity index (χ1) is 19.6. The molecule has 3 N–H and O–H groups in total. The normalized spacial score (nSPS) is 20.7. The third-order valence-electron chi connectivity index (χ3n) is 7.48. The second-order valence-corrected chi connectivity index (χ2v) is 11.6. The molecule has 1 aliphatic carbocycles. The van der Waals surface area contributed by atoms with Gasteiger partial charge in [0.15, 0.2) is 0 Å². The Morgan fingerprint density at radius 3 is 2.39 bits per heavy atom. The number of hydrazine groups is 1. The minimum absolute atomic E-state index is 0.0176. The lowest BCUT2D eigenvalue weighted by Crippen LogP contribution is -2.39. The van der Waals surface area contributed by atoms with E-state index in [9.17, 15) is 19.3 Å². The van der Waals surface area contributed by atoms with Gasteiger partial charge in [0.2, 0.25) is 0 Å². The van der Waals surface area contributed by atoms with Crippen LogP contribution in [-0.4, -0.2) is 76.8 Å². The fourth-order valence-electron chi connectivity index (χ4n) is 5.14. The van der Waals surface area contributed by atoms with Crippen LogP contribution in [0.5, 0.6) is 0 Å². The summed E-state index contributed by atoms with van der Waals surface area (Å²) in [7, 11) is 3.19. The molecule has 1 saturated heterocycles. The van der Waals surface area contributed by atoms with Crippen LogP contribution in [0.4, 0.5) is 4.79 Å². The van der Waals surface area contributed by atoms with Gasteiger partial charge in [0.25, 0.3) is 14.1 Å². The van der Waals surface area contributed by atoms with Crippen molar-refractivity contribution in [2.75, 3.05) is 34.3 Å². The van der Waals surface area contributed by atoms with Crippen LogP contribution < -0.4 is 16.6 Å². The number of carbonyl (C=O) groups is 1. The lowest BCUT2D eigenvalue weighted by molar-refractivity contribution is -0.0180. The van der Waals surface area contributed by atoms with Gasteiger partial charge in [0.05, 0.1) is 6.10 Å². The number of ether oxygens (including phenoxy) is 2. The third kappa shape index (κ3) is 6.13. The van der Waals surface area contributed by atoms with Crippen LogP contribution in [0.3, 0.4) is 0 Å². The summed E-state index contributed by atoms with van der Waals surface area (Å²) in [5.41, 5.74) is 3.75. The van der Waals surface area contributed by atoms with E-state index in [1.165, 1.54) is 15.5 Å². The standard InChI is InChI=1S/C28H34N5O7P/c1-17-15-33(27(35)30-26(17)34)25-13-23(40-41(37)32(4)31(2)3)24(39-25)14-29-28(36)38-16-22-20-11-7-5-9-18(20)19-10-6-8-12-21(19)22/h5-12,15,22-25,37H,13-14,16H2,1-4H3,(H,29,36)(H,30,34,35)/t23-,24+,25+,41?/m0/s1. The van der Waals surface area contributed by atoms with Crippen LogP contribution in [0.15, 0.2) is 64.3 Å². The molecule has 12 nitrogen and oxygen atoms in total. The number of hydrogen-bond acceptors (Lipinski definition) is 9. The Morgan fingerprint density at radius 1 is 1.12 bits per heavy atom. The number of aryl methyl sites for hydroxylation is 1. The summed E-state index contributed by atoms with van der Waals surface area (Å²) < 4.78 is 20.5. The predicted octanol–water partition coefficient (Wildman–Crippen LogP) is 2.68. The van der Waals surface area contributed by atoms with Crippen molar-refractivity contribution < 1.29 is 23.7 Å². The number of benzene rings is 2. The summed E-state index contributed by atoms with van der Waals surface area (Å²) in [5, 5.41) is 4.43. The molecular formula is C28H34N5O7P. The van der Waals surface area contributed by atoms with Gasteiger partial charge in [-0.3, -0.25) is 14.3 Å². The highest BCUT2D eigenvalue weighted by Crippen LogP contribution is 2.45. The van der Waals surface area contributed by atoms with Crippen molar-refractivity contribution in [1.82, 2.24) is 24.7 Å². The molecule has 3 aromatic rings. The maximum Gasteiger partial charge on any atom is 0.407 e. The first-order valence-electron chi connectivity index (χ1n) is 13.3. The van der Waals surface area contributed by atoms with Crippen LogP contribution in [0.2, 0.25) is 0 Å². The number of fused-ring (bicyclic) bond motifs is 3. The average molecular weight is 584 g/mol. The SMILES string of the molecule is Cc1cn([C@H]2C[C@H](OP(O)N(C)N(C)C)[C@@H](CNC(=O)OCC3c4ccccc4-c4ccccc43)O2)c(=O)[nH]c1=O. The lowest BCUT2D eigenvalue weighted by atomic mass is 9.98. The predicted molar refractivity (Wildman–Crippen MR) is 153 cm³/mol. The minimum atomic E-state index is -2.02. The number of nitrogens with one attached hydrogen (secondary N) is 2. The Kier molecular flexibility index (Phi) is 8.69. The number of rotatable bonds is 9. The molecule has 4 atom stereocenters. The molecule has 2 aliphatic rings. The highest BCUT2D eigenvalue weighted by molar-refractivity contribution is 7.43. The van der Waals surface area contributed by atoms with E-state index >= 15 is 0 Å². The number of H-pyrrole nitrogens is 1. The summed E-state index contributed by atoms with van der Waals surface area (Å²) in [6.07, 6.45) is -1.11. The first kappa shape index (κ1) is 29.1. The molecule has 0 bridgehead atoms. The molecule has 2 heterocycles. The van der Waals surface area contributed by atoms with Crippen molar-refractivity contribution in [3.8, 4) is 11.1 Å². The quantitative estimate of drug-likeness (QED) is 0.256.